The van der Waals surface area contributed by atoms with Crippen LogP contribution in [0.15, 0.2) is 10.9 Å². The third kappa shape index (κ3) is 3.20. The SMILES string of the molecule is Cc1cc(C)n(C)c(=O)c1C(=O)NCCN(C)C. The standard InChI is InChI=1S/C13H21N3O2/c1-9-8-10(2)16(5)13(18)11(9)12(17)14-6-7-15(3)4/h8H,6-7H2,1-5H3,(H,14,17). The molecule has 100 valence electrons. The first-order valence-electron chi connectivity index (χ1n) is 5.94. The Morgan fingerprint density at radius 1 is 1.39 bits per heavy atom. The summed E-state index contributed by atoms with van der Waals surface area (Å²) in [6.45, 7) is 4.91. The quantitative estimate of drug-likeness (QED) is 0.837. The molecule has 0 saturated carbocycles. The number of nitrogens with zero attached hydrogens (tertiary/aromatic N) is 2. The number of rotatable bonds is 4. The fourth-order valence-electron chi connectivity index (χ4n) is 1.74. The van der Waals surface area contributed by atoms with Crippen LogP contribution < -0.4 is 10.9 Å². The number of amides is 1. The Balaban J connectivity index is 2.93. The summed E-state index contributed by atoms with van der Waals surface area (Å²) in [5.41, 5.74) is 1.57. The van der Waals surface area contributed by atoms with E-state index < -0.39 is 0 Å². The monoisotopic (exact) mass is 251 g/mol. The van der Waals surface area contributed by atoms with Crippen LogP contribution in [0.5, 0.6) is 0 Å². The van der Waals surface area contributed by atoms with Crippen molar-refractivity contribution in [3.8, 4) is 0 Å². The van der Waals surface area contributed by atoms with Crippen molar-refractivity contribution in [2.24, 2.45) is 7.05 Å². The van der Waals surface area contributed by atoms with E-state index in [1.807, 2.05) is 32.0 Å². The van der Waals surface area contributed by atoms with Gasteiger partial charge in [-0.15, -0.1) is 0 Å². The molecule has 1 aromatic heterocycles. The van der Waals surface area contributed by atoms with Gasteiger partial charge in [-0.1, -0.05) is 0 Å². The van der Waals surface area contributed by atoms with Crippen molar-refractivity contribution in [2.45, 2.75) is 13.8 Å². The number of aryl methyl sites for hydroxylation is 2. The minimum atomic E-state index is -0.296. The molecule has 1 rings (SSSR count). The van der Waals surface area contributed by atoms with Gasteiger partial charge in [0.15, 0.2) is 0 Å². The van der Waals surface area contributed by atoms with E-state index >= 15 is 0 Å². The van der Waals surface area contributed by atoms with Crippen LogP contribution in [0.3, 0.4) is 0 Å². The molecular weight excluding hydrogens is 230 g/mol. The normalized spacial score (nSPS) is 10.8. The number of likely N-dealkylation sites (N-methyl/N-ethyl adjacent to an activating group) is 1. The molecular formula is C13H21N3O2. The predicted molar refractivity (Wildman–Crippen MR) is 72.0 cm³/mol. The lowest BCUT2D eigenvalue weighted by atomic mass is 10.1. The van der Waals surface area contributed by atoms with Crippen molar-refractivity contribution in [1.82, 2.24) is 14.8 Å². The second-order valence-electron chi connectivity index (χ2n) is 4.77. The molecule has 18 heavy (non-hydrogen) atoms. The summed E-state index contributed by atoms with van der Waals surface area (Å²) in [7, 11) is 5.54. The first kappa shape index (κ1) is 14.4. The van der Waals surface area contributed by atoms with Crippen LogP contribution in [0, 0.1) is 13.8 Å². The molecule has 0 aliphatic carbocycles. The van der Waals surface area contributed by atoms with Crippen molar-refractivity contribution in [3.63, 3.8) is 0 Å². The highest BCUT2D eigenvalue weighted by molar-refractivity contribution is 5.95. The molecule has 1 amide bonds. The molecule has 1 heterocycles. The molecule has 0 bridgehead atoms. The number of carbonyl (C=O) groups is 1. The molecule has 0 aliphatic heterocycles. The fourth-order valence-corrected chi connectivity index (χ4v) is 1.74. The topological polar surface area (TPSA) is 54.3 Å². The lowest BCUT2D eigenvalue weighted by molar-refractivity contribution is 0.0948. The van der Waals surface area contributed by atoms with E-state index in [-0.39, 0.29) is 17.0 Å². The van der Waals surface area contributed by atoms with E-state index in [2.05, 4.69) is 5.32 Å². The second-order valence-corrected chi connectivity index (χ2v) is 4.77. The number of hydrogen-bond acceptors (Lipinski definition) is 3. The summed E-state index contributed by atoms with van der Waals surface area (Å²) in [5.74, 6) is -0.296. The van der Waals surface area contributed by atoms with Gasteiger partial charge >= 0.3 is 0 Å². The van der Waals surface area contributed by atoms with Crippen LogP contribution in [0.2, 0.25) is 0 Å². The molecule has 5 heteroatoms. The first-order valence-corrected chi connectivity index (χ1v) is 5.94. The zero-order chi connectivity index (χ0) is 13.9. The number of aromatic nitrogens is 1. The third-order valence-electron chi connectivity index (χ3n) is 2.94. The van der Waals surface area contributed by atoms with Crippen LogP contribution >= 0.6 is 0 Å². The number of carbonyl (C=O) groups excluding carboxylic acids is 1. The molecule has 0 aromatic carbocycles. The van der Waals surface area contributed by atoms with E-state index in [0.717, 1.165) is 17.8 Å². The van der Waals surface area contributed by atoms with Gasteiger partial charge in [0, 0.05) is 25.8 Å². The molecule has 5 nitrogen and oxygen atoms in total. The van der Waals surface area contributed by atoms with Crippen LogP contribution in [0.1, 0.15) is 21.6 Å². The maximum Gasteiger partial charge on any atom is 0.263 e. The number of hydrogen-bond donors (Lipinski definition) is 1. The summed E-state index contributed by atoms with van der Waals surface area (Å²) in [5, 5.41) is 2.76. The number of nitrogens with one attached hydrogen (secondary N) is 1. The summed E-state index contributed by atoms with van der Waals surface area (Å²) in [6.07, 6.45) is 0. The molecule has 1 aromatic rings. The Morgan fingerprint density at radius 3 is 2.56 bits per heavy atom. The molecule has 0 saturated heterocycles. The van der Waals surface area contributed by atoms with Crippen LogP contribution in [-0.2, 0) is 7.05 Å². The Morgan fingerprint density at radius 2 is 2.00 bits per heavy atom. The fraction of sp³-hybridized carbons (Fsp3) is 0.538. The van der Waals surface area contributed by atoms with Gasteiger partial charge in [-0.3, -0.25) is 9.59 Å². The molecule has 0 radical (unpaired) electrons. The maximum atomic E-state index is 12.0. The van der Waals surface area contributed by atoms with Crippen molar-refractivity contribution in [3.05, 3.63) is 33.2 Å². The van der Waals surface area contributed by atoms with Crippen LogP contribution in [-0.4, -0.2) is 42.6 Å². The summed E-state index contributed by atoms with van der Waals surface area (Å²) in [4.78, 5) is 26.0. The van der Waals surface area contributed by atoms with Crippen LogP contribution in [0.25, 0.3) is 0 Å². The smallest absolute Gasteiger partial charge is 0.263 e. The van der Waals surface area contributed by atoms with Gasteiger partial charge < -0.3 is 14.8 Å². The van der Waals surface area contributed by atoms with Crippen molar-refractivity contribution >= 4 is 5.91 Å². The highest BCUT2D eigenvalue weighted by atomic mass is 16.2. The van der Waals surface area contributed by atoms with E-state index in [9.17, 15) is 9.59 Å². The molecule has 0 unspecified atom stereocenters. The summed E-state index contributed by atoms with van der Waals surface area (Å²) in [6, 6.07) is 1.85. The largest absolute Gasteiger partial charge is 0.351 e. The third-order valence-corrected chi connectivity index (χ3v) is 2.94. The van der Waals surface area contributed by atoms with Gasteiger partial charge in [-0.05, 0) is 39.6 Å². The zero-order valence-electron chi connectivity index (χ0n) is 11.7. The Labute approximate surface area is 107 Å². The van der Waals surface area contributed by atoms with Gasteiger partial charge in [0.25, 0.3) is 11.5 Å². The van der Waals surface area contributed by atoms with E-state index in [1.54, 1.807) is 14.0 Å². The average molecular weight is 251 g/mol. The first-order chi connectivity index (χ1) is 8.34. The van der Waals surface area contributed by atoms with E-state index in [1.165, 1.54) is 4.57 Å². The molecule has 1 N–H and O–H groups in total. The van der Waals surface area contributed by atoms with Crippen molar-refractivity contribution in [1.29, 1.82) is 0 Å². The minimum absolute atomic E-state index is 0.238. The van der Waals surface area contributed by atoms with E-state index in [0.29, 0.717) is 6.54 Å². The van der Waals surface area contributed by atoms with E-state index in [4.69, 9.17) is 0 Å². The highest BCUT2D eigenvalue weighted by Crippen LogP contribution is 2.05. The Hall–Kier alpha value is -1.62. The Bertz CT molecular complexity index is 504. The summed E-state index contributed by atoms with van der Waals surface area (Å²) >= 11 is 0. The van der Waals surface area contributed by atoms with Gasteiger partial charge in [0.2, 0.25) is 0 Å². The van der Waals surface area contributed by atoms with Crippen LogP contribution in [0.4, 0.5) is 0 Å². The average Bonchev–Trinajstić information content (AvgIpc) is 2.25. The lowest BCUT2D eigenvalue weighted by Crippen LogP contribution is -2.37. The molecule has 0 spiro atoms. The molecule has 0 aliphatic rings. The van der Waals surface area contributed by atoms with Gasteiger partial charge in [0.1, 0.15) is 5.56 Å². The Kier molecular flexibility index (Phi) is 4.67. The van der Waals surface area contributed by atoms with Crippen molar-refractivity contribution < 1.29 is 4.79 Å². The minimum Gasteiger partial charge on any atom is -0.351 e. The van der Waals surface area contributed by atoms with Gasteiger partial charge in [0.05, 0.1) is 0 Å². The lowest BCUT2D eigenvalue weighted by Gasteiger charge is -2.13. The van der Waals surface area contributed by atoms with Crippen molar-refractivity contribution in [2.75, 3.05) is 27.2 Å². The second kappa shape index (κ2) is 5.82. The predicted octanol–water partition coefficient (Wildman–Crippen LogP) is 0.294. The van der Waals surface area contributed by atoms with Gasteiger partial charge in [-0.25, -0.2) is 0 Å². The number of pyridine rings is 1. The molecule has 0 fully saturated rings. The maximum absolute atomic E-state index is 12.0. The summed E-state index contributed by atoms with van der Waals surface area (Å²) < 4.78 is 1.49. The highest BCUT2D eigenvalue weighted by Gasteiger charge is 2.15. The molecule has 0 atom stereocenters. The van der Waals surface area contributed by atoms with Gasteiger partial charge in [-0.2, -0.15) is 0 Å². The zero-order valence-corrected chi connectivity index (χ0v) is 11.7.